The summed E-state index contributed by atoms with van der Waals surface area (Å²) in [5.41, 5.74) is 4.40. The first-order valence-electron chi connectivity index (χ1n) is 12.1. The topological polar surface area (TPSA) is 88.1 Å². The lowest BCUT2D eigenvalue weighted by Gasteiger charge is -2.13. The van der Waals surface area contributed by atoms with Crippen LogP contribution in [0.4, 0.5) is 0 Å². The number of rotatable bonds is 11. The predicted molar refractivity (Wildman–Crippen MR) is 149 cm³/mol. The standard InChI is InChI=1S/C32H30O7/c1-20(2)30(33)37-16-15-36-28-17-26(18-29(19-28)39-32(35)22(5)6)25-9-7-23(8-10-25)24-11-13-27(14-12-24)38-31(34)21(3)4/h7-14,17-19H,1,3,5,15-16H2,2,4,6H3. The zero-order valence-electron chi connectivity index (χ0n) is 22.2. The van der Waals surface area contributed by atoms with E-state index in [4.69, 9.17) is 18.9 Å². The van der Waals surface area contributed by atoms with E-state index in [-0.39, 0.29) is 18.8 Å². The van der Waals surface area contributed by atoms with Crippen LogP contribution in [0, 0.1) is 0 Å². The normalized spacial score (nSPS) is 10.2. The van der Waals surface area contributed by atoms with Gasteiger partial charge in [-0.2, -0.15) is 0 Å². The number of hydrogen-bond acceptors (Lipinski definition) is 7. The fourth-order valence-electron chi connectivity index (χ4n) is 3.26. The number of benzene rings is 3. The van der Waals surface area contributed by atoms with Crippen molar-refractivity contribution in [3.63, 3.8) is 0 Å². The highest BCUT2D eigenvalue weighted by atomic mass is 16.6. The average Bonchev–Trinajstić information content (AvgIpc) is 2.91. The van der Waals surface area contributed by atoms with Crippen molar-refractivity contribution in [1.82, 2.24) is 0 Å². The van der Waals surface area contributed by atoms with Crippen molar-refractivity contribution in [2.24, 2.45) is 0 Å². The van der Waals surface area contributed by atoms with Gasteiger partial charge in [0.2, 0.25) is 0 Å². The van der Waals surface area contributed by atoms with E-state index in [1.807, 2.05) is 36.4 Å². The Hall–Kier alpha value is -4.91. The molecule has 0 aromatic heterocycles. The summed E-state index contributed by atoms with van der Waals surface area (Å²) < 4.78 is 21.5. The Bertz CT molecular complexity index is 1410. The lowest BCUT2D eigenvalue weighted by Crippen LogP contribution is -2.12. The molecule has 0 aliphatic carbocycles. The van der Waals surface area contributed by atoms with Crippen LogP contribution in [0.2, 0.25) is 0 Å². The number of esters is 3. The van der Waals surface area contributed by atoms with Crippen LogP contribution in [0.15, 0.2) is 103 Å². The van der Waals surface area contributed by atoms with Crippen LogP contribution in [-0.2, 0) is 19.1 Å². The van der Waals surface area contributed by atoms with Gasteiger partial charge in [-0.05, 0) is 67.3 Å². The fraction of sp³-hybridized carbons (Fsp3) is 0.156. The summed E-state index contributed by atoms with van der Waals surface area (Å²) in [4.78, 5) is 35.4. The highest BCUT2D eigenvalue weighted by Crippen LogP contribution is 2.32. The maximum Gasteiger partial charge on any atom is 0.338 e. The van der Waals surface area contributed by atoms with Gasteiger partial charge >= 0.3 is 17.9 Å². The quantitative estimate of drug-likeness (QED) is 0.122. The zero-order valence-corrected chi connectivity index (χ0v) is 22.2. The molecular weight excluding hydrogens is 496 g/mol. The van der Waals surface area contributed by atoms with Crippen molar-refractivity contribution in [2.45, 2.75) is 20.8 Å². The molecule has 0 bridgehead atoms. The van der Waals surface area contributed by atoms with Crippen LogP contribution < -0.4 is 14.2 Å². The monoisotopic (exact) mass is 526 g/mol. The molecule has 39 heavy (non-hydrogen) atoms. The van der Waals surface area contributed by atoms with E-state index >= 15 is 0 Å². The largest absolute Gasteiger partial charge is 0.490 e. The van der Waals surface area contributed by atoms with Gasteiger partial charge in [-0.3, -0.25) is 0 Å². The smallest absolute Gasteiger partial charge is 0.338 e. The molecule has 7 heteroatoms. The van der Waals surface area contributed by atoms with E-state index in [1.165, 1.54) is 0 Å². The molecule has 0 unspecified atom stereocenters. The molecule has 0 amide bonds. The first-order chi connectivity index (χ1) is 18.5. The Labute approximate surface area is 228 Å². The van der Waals surface area contributed by atoms with Crippen LogP contribution in [0.5, 0.6) is 17.2 Å². The Kier molecular flexibility index (Phi) is 9.59. The average molecular weight is 527 g/mol. The van der Waals surface area contributed by atoms with Gasteiger partial charge in [0, 0.05) is 22.8 Å². The first kappa shape index (κ1) is 28.7. The third-order valence-electron chi connectivity index (χ3n) is 5.34. The van der Waals surface area contributed by atoms with Gasteiger partial charge in [-0.1, -0.05) is 56.1 Å². The SMILES string of the molecule is C=C(C)C(=O)OCCOc1cc(OC(=O)C(=C)C)cc(-c2ccc(-c3ccc(OC(=O)C(=C)C)cc3)cc2)c1. The molecule has 0 saturated carbocycles. The van der Waals surface area contributed by atoms with E-state index in [2.05, 4.69) is 19.7 Å². The molecule has 200 valence electrons. The molecule has 0 aliphatic rings. The van der Waals surface area contributed by atoms with Crippen LogP contribution >= 0.6 is 0 Å². The van der Waals surface area contributed by atoms with Crippen molar-refractivity contribution in [3.8, 4) is 39.5 Å². The maximum atomic E-state index is 12.1. The van der Waals surface area contributed by atoms with Crippen molar-refractivity contribution >= 4 is 17.9 Å². The summed E-state index contributed by atoms with van der Waals surface area (Å²) in [6, 6.07) is 20.1. The molecule has 0 atom stereocenters. The third kappa shape index (κ3) is 8.30. The molecule has 0 radical (unpaired) electrons. The van der Waals surface area contributed by atoms with Crippen LogP contribution in [0.25, 0.3) is 22.3 Å². The van der Waals surface area contributed by atoms with Gasteiger partial charge in [0.05, 0.1) is 0 Å². The van der Waals surface area contributed by atoms with Crippen LogP contribution in [-0.4, -0.2) is 31.1 Å². The Morgan fingerprint density at radius 3 is 1.49 bits per heavy atom. The molecule has 3 aromatic carbocycles. The van der Waals surface area contributed by atoms with E-state index in [0.29, 0.717) is 28.4 Å². The van der Waals surface area contributed by atoms with Crippen molar-refractivity contribution in [2.75, 3.05) is 13.2 Å². The Balaban J connectivity index is 1.79. The molecule has 7 nitrogen and oxygen atoms in total. The summed E-state index contributed by atoms with van der Waals surface area (Å²) >= 11 is 0. The minimum atomic E-state index is -0.554. The van der Waals surface area contributed by atoms with Crippen molar-refractivity contribution in [1.29, 1.82) is 0 Å². The van der Waals surface area contributed by atoms with Crippen LogP contribution in [0.1, 0.15) is 20.8 Å². The van der Waals surface area contributed by atoms with Gasteiger partial charge in [0.1, 0.15) is 30.5 Å². The molecule has 0 heterocycles. The molecular formula is C32H30O7. The van der Waals surface area contributed by atoms with Gasteiger partial charge in [-0.15, -0.1) is 0 Å². The Morgan fingerprint density at radius 2 is 0.974 bits per heavy atom. The van der Waals surface area contributed by atoms with E-state index < -0.39 is 17.9 Å². The second-order valence-corrected chi connectivity index (χ2v) is 8.90. The number of carbonyl (C=O) groups is 3. The molecule has 3 aromatic rings. The predicted octanol–water partition coefficient (Wildman–Crippen LogP) is 6.48. The van der Waals surface area contributed by atoms with E-state index in [1.54, 1.807) is 51.1 Å². The van der Waals surface area contributed by atoms with Crippen molar-refractivity contribution in [3.05, 3.63) is 103 Å². The van der Waals surface area contributed by atoms with E-state index in [0.717, 1.165) is 22.3 Å². The first-order valence-corrected chi connectivity index (χ1v) is 12.1. The van der Waals surface area contributed by atoms with E-state index in [9.17, 15) is 14.4 Å². The lowest BCUT2D eigenvalue weighted by molar-refractivity contribution is -0.139. The highest BCUT2D eigenvalue weighted by Gasteiger charge is 2.12. The molecule has 0 N–H and O–H groups in total. The summed E-state index contributed by atoms with van der Waals surface area (Å²) in [5.74, 6) is -0.357. The summed E-state index contributed by atoms with van der Waals surface area (Å²) in [6.45, 7) is 15.6. The summed E-state index contributed by atoms with van der Waals surface area (Å²) in [7, 11) is 0. The third-order valence-corrected chi connectivity index (χ3v) is 5.34. The minimum Gasteiger partial charge on any atom is -0.490 e. The molecule has 0 fully saturated rings. The number of ether oxygens (including phenoxy) is 4. The number of hydrogen-bond donors (Lipinski definition) is 0. The van der Waals surface area contributed by atoms with Gasteiger partial charge < -0.3 is 18.9 Å². The molecule has 0 saturated heterocycles. The number of carbonyl (C=O) groups excluding carboxylic acids is 3. The van der Waals surface area contributed by atoms with Crippen molar-refractivity contribution < 1.29 is 33.3 Å². The van der Waals surface area contributed by atoms with Gasteiger partial charge in [0.25, 0.3) is 0 Å². The van der Waals surface area contributed by atoms with Crippen LogP contribution in [0.3, 0.4) is 0 Å². The summed E-state index contributed by atoms with van der Waals surface area (Å²) in [5, 5.41) is 0. The van der Waals surface area contributed by atoms with Gasteiger partial charge in [-0.25, -0.2) is 14.4 Å². The minimum absolute atomic E-state index is 0.0384. The fourth-order valence-corrected chi connectivity index (χ4v) is 3.26. The zero-order chi connectivity index (χ0) is 28.5. The molecule has 3 rings (SSSR count). The molecule has 0 spiro atoms. The molecule has 0 aliphatic heterocycles. The second kappa shape index (κ2) is 13.1. The lowest BCUT2D eigenvalue weighted by atomic mass is 10.00. The highest BCUT2D eigenvalue weighted by molar-refractivity contribution is 5.89. The maximum absolute atomic E-state index is 12.1. The summed E-state index contributed by atoms with van der Waals surface area (Å²) in [6.07, 6.45) is 0. The second-order valence-electron chi connectivity index (χ2n) is 8.90. The van der Waals surface area contributed by atoms with Gasteiger partial charge in [0.15, 0.2) is 0 Å². The Morgan fingerprint density at radius 1 is 0.538 bits per heavy atom.